The Kier molecular flexibility index (Phi) is 4.04. The summed E-state index contributed by atoms with van der Waals surface area (Å²) in [6, 6.07) is 5.69. The Hall–Kier alpha value is -1.39. The van der Waals surface area contributed by atoms with Gasteiger partial charge >= 0.3 is 6.36 Å². The zero-order valence-electron chi connectivity index (χ0n) is 9.14. The fraction of sp³-hybridized carbons (Fsp3) is 0.455. The van der Waals surface area contributed by atoms with Gasteiger partial charge in [-0.15, -0.1) is 13.2 Å². The summed E-state index contributed by atoms with van der Waals surface area (Å²) in [5, 5.41) is 3.10. The minimum Gasteiger partial charge on any atom is -0.406 e. The Balaban J connectivity index is 2.54. The van der Waals surface area contributed by atoms with E-state index in [9.17, 15) is 13.2 Å². The van der Waals surface area contributed by atoms with Crippen molar-refractivity contribution >= 4 is 5.69 Å². The summed E-state index contributed by atoms with van der Waals surface area (Å²) in [5.41, 5.74) is 0.781. The van der Waals surface area contributed by atoms with Crippen molar-refractivity contribution in [1.82, 2.24) is 0 Å². The van der Waals surface area contributed by atoms with Crippen LogP contribution in [0.1, 0.15) is 13.8 Å². The van der Waals surface area contributed by atoms with Gasteiger partial charge in [0.05, 0.1) is 0 Å². The molecule has 0 saturated carbocycles. The molecule has 1 aromatic rings. The van der Waals surface area contributed by atoms with E-state index >= 15 is 0 Å². The third kappa shape index (κ3) is 4.91. The predicted octanol–water partition coefficient (Wildman–Crippen LogP) is 3.65. The second-order valence-electron chi connectivity index (χ2n) is 3.85. The van der Waals surface area contributed by atoms with Gasteiger partial charge in [-0.2, -0.15) is 0 Å². The first kappa shape index (κ1) is 12.7. The number of alkyl halides is 3. The monoisotopic (exact) mass is 233 g/mol. The lowest BCUT2D eigenvalue weighted by Gasteiger charge is -2.11. The maximum atomic E-state index is 11.9. The van der Waals surface area contributed by atoms with Crippen LogP contribution >= 0.6 is 0 Å². The van der Waals surface area contributed by atoms with Gasteiger partial charge in [-0.05, 0) is 30.2 Å². The van der Waals surface area contributed by atoms with Gasteiger partial charge in [0.2, 0.25) is 0 Å². The van der Waals surface area contributed by atoms with Gasteiger partial charge in [0.25, 0.3) is 0 Å². The van der Waals surface area contributed by atoms with Crippen molar-refractivity contribution < 1.29 is 17.9 Å². The topological polar surface area (TPSA) is 21.3 Å². The van der Waals surface area contributed by atoms with Crippen molar-refractivity contribution in [3.05, 3.63) is 24.3 Å². The van der Waals surface area contributed by atoms with E-state index in [2.05, 4.69) is 10.1 Å². The summed E-state index contributed by atoms with van der Waals surface area (Å²) in [6.45, 7) is 4.88. The molecule has 1 aromatic carbocycles. The van der Waals surface area contributed by atoms with Gasteiger partial charge in [-0.25, -0.2) is 0 Å². The number of benzene rings is 1. The molecule has 0 spiro atoms. The fourth-order valence-corrected chi connectivity index (χ4v) is 1.10. The summed E-state index contributed by atoms with van der Waals surface area (Å²) < 4.78 is 39.3. The normalized spacial score (nSPS) is 11.6. The van der Waals surface area contributed by atoms with E-state index in [4.69, 9.17) is 0 Å². The van der Waals surface area contributed by atoms with Gasteiger partial charge < -0.3 is 10.1 Å². The molecule has 0 atom stereocenters. The van der Waals surface area contributed by atoms with E-state index in [0.29, 0.717) is 5.92 Å². The number of rotatable bonds is 4. The number of hydrogen-bond donors (Lipinski definition) is 1. The SMILES string of the molecule is CC(C)CNc1ccc(OC(F)(F)F)cc1. The van der Waals surface area contributed by atoms with Gasteiger partial charge in [0, 0.05) is 12.2 Å². The molecule has 0 saturated heterocycles. The van der Waals surface area contributed by atoms with E-state index < -0.39 is 6.36 Å². The van der Waals surface area contributed by atoms with E-state index in [0.717, 1.165) is 12.2 Å². The molecule has 0 bridgehead atoms. The predicted molar refractivity (Wildman–Crippen MR) is 56.5 cm³/mol. The lowest BCUT2D eigenvalue weighted by molar-refractivity contribution is -0.274. The Morgan fingerprint density at radius 1 is 1.19 bits per heavy atom. The highest BCUT2D eigenvalue weighted by atomic mass is 19.4. The molecule has 90 valence electrons. The summed E-state index contributed by atoms with van der Waals surface area (Å²) in [5.74, 6) is 0.272. The van der Waals surface area contributed by atoms with Crippen molar-refractivity contribution in [2.75, 3.05) is 11.9 Å². The Morgan fingerprint density at radius 2 is 1.75 bits per heavy atom. The summed E-state index contributed by atoms with van der Waals surface area (Å²) in [7, 11) is 0. The molecule has 0 amide bonds. The van der Waals surface area contributed by atoms with Crippen LogP contribution in [0.5, 0.6) is 5.75 Å². The first-order valence-electron chi connectivity index (χ1n) is 4.96. The zero-order valence-corrected chi connectivity index (χ0v) is 9.14. The van der Waals surface area contributed by atoms with E-state index in [1.54, 1.807) is 12.1 Å². The maximum Gasteiger partial charge on any atom is 0.573 e. The van der Waals surface area contributed by atoms with Crippen molar-refractivity contribution in [2.24, 2.45) is 5.92 Å². The van der Waals surface area contributed by atoms with Crippen LogP contribution in [0.2, 0.25) is 0 Å². The zero-order chi connectivity index (χ0) is 12.2. The van der Waals surface area contributed by atoms with Crippen molar-refractivity contribution in [3.63, 3.8) is 0 Å². The molecule has 1 rings (SSSR count). The average molecular weight is 233 g/mol. The smallest absolute Gasteiger partial charge is 0.406 e. The Bertz CT molecular complexity index is 319. The highest BCUT2D eigenvalue weighted by Gasteiger charge is 2.30. The number of nitrogens with one attached hydrogen (secondary N) is 1. The van der Waals surface area contributed by atoms with Crippen LogP contribution in [0, 0.1) is 5.92 Å². The van der Waals surface area contributed by atoms with Crippen molar-refractivity contribution in [1.29, 1.82) is 0 Å². The highest BCUT2D eigenvalue weighted by molar-refractivity contribution is 5.46. The molecule has 0 aromatic heterocycles. The summed E-state index contributed by atoms with van der Waals surface area (Å²) in [4.78, 5) is 0. The second-order valence-corrected chi connectivity index (χ2v) is 3.85. The molecule has 16 heavy (non-hydrogen) atoms. The van der Waals surface area contributed by atoms with Gasteiger partial charge in [-0.1, -0.05) is 13.8 Å². The molecule has 0 radical (unpaired) electrons. The largest absolute Gasteiger partial charge is 0.573 e. The second kappa shape index (κ2) is 5.09. The van der Waals surface area contributed by atoms with Crippen LogP contribution in [0.25, 0.3) is 0 Å². The molecule has 0 unspecified atom stereocenters. The van der Waals surface area contributed by atoms with Crippen LogP contribution in [-0.4, -0.2) is 12.9 Å². The van der Waals surface area contributed by atoms with E-state index in [1.165, 1.54) is 12.1 Å². The number of halogens is 3. The van der Waals surface area contributed by atoms with Crippen LogP contribution in [-0.2, 0) is 0 Å². The van der Waals surface area contributed by atoms with Crippen LogP contribution in [0.3, 0.4) is 0 Å². The quantitative estimate of drug-likeness (QED) is 0.857. The third-order valence-corrected chi connectivity index (χ3v) is 1.80. The van der Waals surface area contributed by atoms with Gasteiger partial charge in [-0.3, -0.25) is 0 Å². The lowest BCUT2D eigenvalue weighted by Crippen LogP contribution is -2.17. The maximum absolute atomic E-state index is 11.9. The highest BCUT2D eigenvalue weighted by Crippen LogP contribution is 2.23. The van der Waals surface area contributed by atoms with Crippen LogP contribution in [0.4, 0.5) is 18.9 Å². The minimum absolute atomic E-state index is 0.206. The molecule has 2 nitrogen and oxygen atoms in total. The molecular weight excluding hydrogens is 219 g/mol. The third-order valence-electron chi connectivity index (χ3n) is 1.80. The lowest BCUT2D eigenvalue weighted by atomic mass is 10.2. The van der Waals surface area contributed by atoms with E-state index in [1.807, 2.05) is 13.8 Å². The van der Waals surface area contributed by atoms with Crippen molar-refractivity contribution in [2.45, 2.75) is 20.2 Å². The van der Waals surface area contributed by atoms with Crippen LogP contribution < -0.4 is 10.1 Å². The molecule has 0 fully saturated rings. The molecule has 0 aliphatic rings. The molecule has 0 aliphatic heterocycles. The minimum atomic E-state index is -4.63. The molecule has 0 heterocycles. The first-order valence-corrected chi connectivity index (χ1v) is 4.96. The number of anilines is 1. The fourth-order valence-electron chi connectivity index (χ4n) is 1.10. The molecule has 1 N–H and O–H groups in total. The van der Waals surface area contributed by atoms with Crippen molar-refractivity contribution in [3.8, 4) is 5.75 Å². The Labute approximate surface area is 92.4 Å². The summed E-state index contributed by atoms with van der Waals surface area (Å²) >= 11 is 0. The number of hydrogen-bond acceptors (Lipinski definition) is 2. The number of ether oxygens (including phenoxy) is 1. The van der Waals surface area contributed by atoms with E-state index in [-0.39, 0.29) is 5.75 Å². The molecule has 5 heteroatoms. The molecular formula is C11H14F3NO. The summed E-state index contributed by atoms with van der Waals surface area (Å²) in [6.07, 6.45) is -4.63. The molecule has 0 aliphatic carbocycles. The van der Waals surface area contributed by atoms with Crippen LogP contribution in [0.15, 0.2) is 24.3 Å². The first-order chi connectivity index (χ1) is 7.37. The van der Waals surface area contributed by atoms with Gasteiger partial charge in [0.15, 0.2) is 0 Å². The Morgan fingerprint density at radius 3 is 2.19 bits per heavy atom. The standard InChI is InChI=1S/C11H14F3NO/c1-8(2)7-15-9-3-5-10(6-4-9)16-11(12,13)14/h3-6,8,15H,7H2,1-2H3. The van der Waals surface area contributed by atoms with Gasteiger partial charge in [0.1, 0.15) is 5.75 Å². The average Bonchev–Trinajstić information content (AvgIpc) is 2.14.